The van der Waals surface area contributed by atoms with Crippen molar-refractivity contribution in [3.05, 3.63) is 23.8 Å². The Morgan fingerprint density at radius 2 is 1.86 bits per heavy atom. The molecule has 7 nitrogen and oxygen atoms in total. The Labute approximate surface area is 168 Å². The van der Waals surface area contributed by atoms with E-state index in [1.807, 2.05) is 18.7 Å². The van der Waals surface area contributed by atoms with Crippen LogP contribution in [0.5, 0.6) is 0 Å². The molecule has 0 unspecified atom stereocenters. The molecule has 0 aromatic carbocycles. The molecule has 3 heterocycles. The summed E-state index contributed by atoms with van der Waals surface area (Å²) in [4.78, 5) is 28.6. The van der Waals surface area contributed by atoms with Crippen LogP contribution < -0.4 is 0 Å². The molecule has 2 aliphatic heterocycles. The predicted molar refractivity (Wildman–Crippen MR) is 109 cm³/mol. The van der Waals surface area contributed by atoms with Crippen LogP contribution in [0.4, 0.5) is 0 Å². The Balaban J connectivity index is 1.66. The zero-order chi connectivity index (χ0) is 20.1. The second-order valence-corrected chi connectivity index (χ2v) is 8.56. The van der Waals surface area contributed by atoms with Crippen LogP contribution >= 0.6 is 0 Å². The van der Waals surface area contributed by atoms with Crippen molar-refractivity contribution in [2.75, 3.05) is 52.9 Å². The van der Waals surface area contributed by atoms with Crippen LogP contribution in [-0.2, 0) is 0 Å². The molecule has 28 heavy (non-hydrogen) atoms. The zero-order valence-electron chi connectivity index (χ0n) is 17.5. The number of likely N-dealkylation sites (tertiary alicyclic amines) is 1. The summed E-state index contributed by atoms with van der Waals surface area (Å²) in [6.07, 6.45) is 6.08. The normalized spacial score (nSPS) is 24.7. The summed E-state index contributed by atoms with van der Waals surface area (Å²) < 4.78 is 0. The van der Waals surface area contributed by atoms with Gasteiger partial charge in [-0.15, -0.1) is 0 Å². The summed E-state index contributed by atoms with van der Waals surface area (Å²) in [5.74, 6) is 1.46. The number of carbonyl (C=O) groups excluding carboxylic acids is 1. The third kappa shape index (κ3) is 5.07. The van der Waals surface area contributed by atoms with Crippen LogP contribution in [0.15, 0.2) is 12.4 Å². The van der Waals surface area contributed by atoms with E-state index in [0.29, 0.717) is 17.5 Å². The van der Waals surface area contributed by atoms with E-state index in [4.69, 9.17) is 0 Å². The quantitative estimate of drug-likeness (QED) is 0.794. The van der Waals surface area contributed by atoms with Gasteiger partial charge < -0.3 is 14.9 Å². The fourth-order valence-electron chi connectivity index (χ4n) is 4.40. The summed E-state index contributed by atoms with van der Waals surface area (Å²) in [5.41, 5.74) is 0.573. The molecule has 2 fully saturated rings. The highest BCUT2D eigenvalue weighted by atomic mass is 16.3. The highest BCUT2D eigenvalue weighted by Gasteiger charge is 2.35. The number of nitrogens with zero attached hydrogens (tertiary/aromatic N) is 5. The lowest BCUT2D eigenvalue weighted by Gasteiger charge is -2.46. The molecule has 2 atom stereocenters. The van der Waals surface area contributed by atoms with Gasteiger partial charge in [-0.05, 0) is 32.2 Å². The molecule has 0 bridgehead atoms. The third-order valence-electron chi connectivity index (χ3n) is 6.16. The minimum atomic E-state index is 0.0288. The molecule has 0 saturated carbocycles. The largest absolute Gasteiger partial charge is 0.396 e. The highest BCUT2D eigenvalue weighted by molar-refractivity contribution is 5.93. The van der Waals surface area contributed by atoms with Crippen molar-refractivity contribution in [1.82, 2.24) is 24.7 Å². The van der Waals surface area contributed by atoms with E-state index in [9.17, 15) is 9.90 Å². The van der Waals surface area contributed by atoms with Gasteiger partial charge in [0, 0.05) is 70.2 Å². The van der Waals surface area contributed by atoms with Gasteiger partial charge in [-0.3, -0.25) is 9.69 Å². The number of amides is 1. The fourth-order valence-corrected chi connectivity index (χ4v) is 4.40. The predicted octanol–water partition coefficient (Wildman–Crippen LogP) is 1.45. The first-order chi connectivity index (χ1) is 13.5. The molecular weight excluding hydrogens is 354 g/mol. The van der Waals surface area contributed by atoms with Crippen molar-refractivity contribution in [3.63, 3.8) is 0 Å². The maximum absolute atomic E-state index is 13.0. The van der Waals surface area contributed by atoms with Gasteiger partial charge in [0.25, 0.3) is 5.91 Å². The number of aromatic nitrogens is 2. The number of hydrogen-bond acceptors (Lipinski definition) is 6. The van der Waals surface area contributed by atoms with E-state index in [1.54, 1.807) is 12.4 Å². The number of piperidine rings is 1. The van der Waals surface area contributed by atoms with E-state index < -0.39 is 0 Å². The summed E-state index contributed by atoms with van der Waals surface area (Å²) >= 11 is 0. The monoisotopic (exact) mass is 389 g/mol. The van der Waals surface area contributed by atoms with Crippen LogP contribution in [0, 0.1) is 5.92 Å². The SMILES string of the molecule is CC(C)c1ncc(C(=O)N2CC[C@H](N3CCN(C)CC3)[C@H](CCCO)C2)cn1. The molecule has 0 radical (unpaired) electrons. The van der Waals surface area contributed by atoms with Gasteiger partial charge in [0.15, 0.2) is 0 Å². The Morgan fingerprint density at radius 1 is 1.18 bits per heavy atom. The number of aliphatic hydroxyl groups excluding tert-OH is 1. The Bertz CT molecular complexity index is 628. The van der Waals surface area contributed by atoms with Crippen molar-refractivity contribution in [3.8, 4) is 0 Å². The number of aliphatic hydroxyl groups is 1. The maximum atomic E-state index is 13.0. The number of piperazine rings is 1. The van der Waals surface area contributed by atoms with Gasteiger partial charge in [-0.25, -0.2) is 9.97 Å². The smallest absolute Gasteiger partial charge is 0.257 e. The van der Waals surface area contributed by atoms with Crippen LogP contribution in [0.1, 0.15) is 55.2 Å². The summed E-state index contributed by atoms with van der Waals surface area (Å²) in [6, 6.07) is 0.504. The van der Waals surface area contributed by atoms with Crippen LogP contribution in [0.25, 0.3) is 0 Å². The van der Waals surface area contributed by atoms with Crippen LogP contribution in [0.2, 0.25) is 0 Å². The van der Waals surface area contributed by atoms with Crippen molar-refractivity contribution < 1.29 is 9.90 Å². The third-order valence-corrected chi connectivity index (χ3v) is 6.16. The summed E-state index contributed by atoms with van der Waals surface area (Å²) in [7, 11) is 2.18. The molecule has 1 amide bonds. The van der Waals surface area contributed by atoms with E-state index in [0.717, 1.165) is 64.4 Å². The lowest BCUT2D eigenvalue weighted by molar-refractivity contribution is 0.0217. The second kappa shape index (κ2) is 9.76. The standard InChI is InChI=1S/C21H35N5O2/c1-16(2)20-22-13-18(14-23-20)21(28)26-7-6-19(17(15-26)5-4-12-27)25-10-8-24(3)9-11-25/h13-14,16-17,19,27H,4-12,15H2,1-3H3/t17-,19+/m1/s1. The first-order valence-corrected chi connectivity index (χ1v) is 10.6. The molecule has 3 rings (SSSR count). The van der Waals surface area contributed by atoms with E-state index in [2.05, 4.69) is 26.8 Å². The summed E-state index contributed by atoms with van der Waals surface area (Å²) in [5, 5.41) is 9.33. The van der Waals surface area contributed by atoms with Crippen molar-refractivity contribution in [1.29, 1.82) is 0 Å². The molecule has 156 valence electrons. The van der Waals surface area contributed by atoms with Gasteiger partial charge in [-0.2, -0.15) is 0 Å². The van der Waals surface area contributed by atoms with E-state index in [-0.39, 0.29) is 18.4 Å². The molecule has 1 aromatic rings. The topological polar surface area (TPSA) is 72.8 Å². The Morgan fingerprint density at radius 3 is 2.46 bits per heavy atom. The zero-order valence-corrected chi connectivity index (χ0v) is 17.5. The van der Waals surface area contributed by atoms with Gasteiger partial charge in [-0.1, -0.05) is 13.8 Å². The van der Waals surface area contributed by atoms with Crippen molar-refractivity contribution in [2.24, 2.45) is 5.92 Å². The van der Waals surface area contributed by atoms with E-state index in [1.165, 1.54) is 0 Å². The van der Waals surface area contributed by atoms with Crippen molar-refractivity contribution >= 4 is 5.91 Å². The lowest BCUT2D eigenvalue weighted by Crippen LogP contribution is -2.56. The molecular formula is C21H35N5O2. The highest BCUT2D eigenvalue weighted by Crippen LogP contribution is 2.28. The molecule has 7 heteroatoms. The van der Waals surface area contributed by atoms with E-state index >= 15 is 0 Å². The number of rotatable bonds is 6. The molecule has 2 aliphatic rings. The molecule has 2 saturated heterocycles. The minimum absolute atomic E-state index is 0.0288. The lowest BCUT2D eigenvalue weighted by atomic mass is 9.86. The second-order valence-electron chi connectivity index (χ2n) is 8.56. The van der Waals surface area contributed by atoms with Crippen LogP contribution in [0.3, 0.4) is 0 Å². The number of carbonyl (C=O) groups is 1. The average molecular weight is 390 g/mol. The van der Waals surface area contributed by atoms with Crippen molar-refractivity contribution in [2.45, 2.75) is 45.1 Å². The van der Waals surface area contributed by atoms with Gasteiger partial charge in [0.05, 0.1) is 5.56 Å². The average Bonchev–Trinajstić information content (AvgIpc) is 2.72. The summed E-state index contributed by atoms with van der Waals surface area (Å²) in [6.45, 7) is 10.2. The number of hydrogen-bond donors (Lipinski definition) is 1. The number of likely N-dealkylation sites (N-methyl/N-ethyl adjacent to an activating group) is 1. The molecule has 1 aromatic heterocycles. The fraction of sp³-hybridized carbons (Fsp3) is 0.762. The molecule has 0 aliphatic carbocycles. The first kappa shape index (κ1) is 21.1. The Kier molecular flexibility index (Phi) is 7.37. The van der Waals surface area contributed by atoms with Crippen LogP contribution in [-0.4, -0.2) is 94.6 Å². The molecule has 0 spiro atoms. The molecule has 1 N–H and O–H groups in total. The maximum Gasteiger partial charge on any atom is 0.257 e. The van der Waals surface area contributed by atoms with Gasteiger partial charge >= 0.3 is 0 Å². The van der Waals surface area contributed by atoms with Gasteiger partial charge in [0.2, 0.25) is 0 Å². The minimum Gasteiger partial charge on any atom is -0.396 e. The first-order valence-electron chi connectivity index (χ1n) is 10.6. The Hall–Kier alpha value is -1.57. The van der Waals surface area contributed by atoms with Gasteiger partial charge in [0.1, 0.15) is 5.82 Å².